The van der Waals surface area contributed by atoms with Gasteiger partial charge in [0, 0.05) is 24.5 Å². The van der Waals surface area contributed by atoms with Gasteiger partial charge in [0.05, 0.1) is 31.6 Å². The summed E-state index contributed by atoms with van der Waals surface area (Å²) in [4.78, 5) is 18.8. The Hall–Kier alpha value is -2.18. The van der Waals surface area contributed by atoms with Crippen molar-refractivity contribution in [2.24, 2.45) is 0 Å². The van der Waals surface area contributed by atoms with Crippen LogP contribution >= 0.6 is 0 Å². The molecule has 0 aromatic carbocycles. The predicted molar refractivity (Wildman–Crippen MR) is 90.1 cm³/mol. The van der Waals surface area contributed by atoms with Crippen molar-refractivity contribution in [3.8, 4) is 0 Å². The smallest absolute Gasteiger partial charge is 0.290 e. The molecule has 0 bridgehead atoms. The van der Waals surface area contributed by atoms with E-state index in [4.69, 9.17) is 13.9 Å². The van der Waals surface area contributed by atoms with E-state index in [0.29, 0.717) is 25.5 Å². The average molecular weight is 342 g/mol. The van der Waals surface area contributed by atoms with Crippen molar-refractivity contribution in [3.05, 3.63) is 53.7 Å². The van der Waals surface area contributed by atoms with Crippen LogP contribution in [0, 0.1) is 6.92 Å². The normalized spacial score (nSPS) is 25.8. The monoisotopic (exact) mass is 342 g/mol. The fourth-order valence-corrected chi connectivity index (χ4v) is 3.76. The Morgan fingerprint density at radius 2 is 2.32 bits per heavy atom. The van der Waals surface area contributed by atoms with Gasteiger partial charge >= 0.3 is 0 Å². The van der Waals surface area contributed by atoms with E-state index >= 15 is 0 Å². The fraction of sp³-hybridized carbons (Fsp3) is 0.474. The van der Waals surface area contributed by atoms with E-state index in [0.717, 1.165) is 24.0 Å². The van der Waals surface area contributed by atoms with Crippen LogP contribution in [0.1, 0.15) is 34.5 Å². The first-order chi connectivity index (χ1) is 12.2. The molecule has 1 saturated heterocycles. The van der Waals surface area contributed by atoms with Gasteiger partial charge in [0.15, 0.2) is 5.76 Å². The Kier molecular flexibility index (Phi) is 4.55. The van der Waals surface area contributed by atoms with Crippen molar-refractivity contribution < 1.29 is 18.7 Å². The van der Waals surface area contributed by atoms with E-state index in [1.54, 1.807) is 12.5 Å². The lowest BCUT2D eigenvalue weighted by Gasteiger charge is -2.38. The van der Waals surface area contributed by atoms with Gasteiger partial charge in [-0.25, -0.2) is 0 Å². The van der Waals surface area contributed by atoms with Crippen molar-refractivity contribution in [3.63, 3.8) is 0 Å². The van der Waals surface area contributed by atoms with Crippen molar-refractivity contribution in [2.45, 2.75) is 44.6 Å². The van der Waals surface area contributed by atoms with Crippen LogP contribution in [-0.4, -0.2) is 47.2 Å². The molecule has 1 saturated carbocycles. The number of furan rings is 1. The Morgan fingerprint density at radius 1 is 1.40 bits per heavy atom. The molecule has 3 atom stereocenters. The summed E-state index contributed by atoms with van der Waals surface area (Å²) in [5.74, 6) is 0.383. The lowest BCUT2D eigenvalue weighted by molar-refractivity contribution is -0.108. The highest BCUT2D eigenvalue weighted by molar-refractivity contribution is 5.93. The number of hydrogen-bond acceptors (Lipinski definition) is 5. The number of nitrogens with zero attached hydrogens (tertiary/aromatic N) is 2. The van der Waals surface area contributed by atoms with Gasteiger partial charge in [-0.1, -0.05) is 6.07 Å². The average Bonchev–Trinajstić information content (AvgIpc) is 3.26. The fourth-order valence-electron chi connectivity index (χ4n) is 3.76. The van der Waals surface area contributed by atoms with E-state index in [1.807, 2.05) is 36.2 Å². The molecule has 2 aliphatic rings. The second-order valence-corrected chi connectivity index (χ2v) is 6.62. The lowest BCUT2D eigenvalue weighted by atomic mass is 10.1. The third-order valence-corrected chi connectivity index (χ3v) is 5.04. The number of pyridine rings is 1. The first kappa shape index (κ1) is 16.3. The van der Waals surface area contributed by atoms with Crippen molar-refractivity contribution in [1.82, 2.24) is 9.88 Å². The lowest BCUT2D eigenvalue weighted by Crippen LogP contribution is -2.53. The summed E-state index contributed by atoms with van der Waals surface area (Å²) in [6.07, 6.45) is 6.81. The maximum atomic E-state index is 12.8. The topological polar surface area (TPSA) is 64.8 Å². The molecule has 1 amide bonds. The maximum absolute atomic E-state index is 12.8. The molecule has 0 radical (unpaired) electrons. The maximum Gasteiger partial charge on any atom is 0.290 e. The number of fused-ring (bicyclic) bond motifs is 1. The molecule has 1 aliphatic carbocycles. The van der Waals surface area contributed by atoms with Gasteiger partial charge in [0.25, 0.3) is 5.91 Å². The number of aromatic nitrogens is 1. The zero-order valence-corrected chi connectivity index (χ0v) is 14.3. The molecule has 2 fully saturated rings. The molecule has 2 aromatic heterocycles. The van der Waals surface area contributed by atoms with Crippen LogP contribution in [0.25, 0.3) is 0 Å². The number of hydrogen-bond donors (Lipinski definition) is 0. The molecule has 6 heteroatoms. The highest BCUT2D eigenvalue weighted by Crippen LogP contribution is 2.33. The van der Waals surface area contributed by atoms with Crippen LogP contribution in [0.3, 0.4) is 0 Å². The van der Waals surface area contributed by atoms with E-state index in [-0.39, 0.29) is 24.2 Å². The van der Waals surface area contributed by atoms with Crippen LogP contribution < -0.4 is 0 Å². The van der Waals surface area contributed by atoms with Gasteiger partial charge < -0.3 is 18.8 Å². The SMILES string of the molecule is Cc1ccoc1C(=O)N1CCO[C@@H]2[C@@H](OCc3cccnc3)CC[C@@H]21. The van der Waals surface area contributed by atoms with Crippen LogP contribution in [0.4, 0.5) is 0 Å². The Labute approximate surface area is 146 Å². The highest BCUT2D eigenvalue weighted by atomic mass is 16.5. The largest absolute Gasteiger partial charge is 0.459 e. The van der Waals surface area contributed by atoms with Gasteiger partial charge in [-0.05, 0) is 37.5 Å². The molecular weight excluding hydrogens is 320 g/mol. The second-order valence-electron chi connectivity index (χ2n) is 6.62. The van der Waals surface area contributed by atoms with Crippen LogP contribution in [0.5, 0.6) is 0 Å². The standard InChI is InChI=1S/C19H22N2O4/c1-13-6-9-23-17(13)19(22)21-8-10-24-18-15(21)4-5-16(18)25-12-14-3-2-7-20-11-14/h2-3,6-7,9,11,15-16,18H,4-5,8,10,12H2,1H3/t15-,16-,18-/m0/s1. The molecule has 6 nitrogen and oxygen atoms in total. The minimum atomic E-state index is -0.0790. The number of aryl methyl sites for hydroxylation is 1. The van der Waals surface area contributed by atoms with Crippen molar-refractivity contribution in [2.75, 3.05) is 13.2 Å². The van der Waals surface area contributed by atoms with E-state index in [1.165, 1.54) is 0 Å². The number of amides is 1. The third-order valence-electron chi connectivity index (χ3n) is 5.04. The first-order valence-corrected chi connectivity index (χ1v) is 8.71. The summed E-state index contributed by atoms with van der Waals surface area (Å²) >= 11 is 0. The summed E-state index contributed by atoms with van der Waals surface area (Å²) in [5.41, 5.74) is 1.91. The number of carbonyl (C=O) groups excluding carboxylic acids is 1. The number of morpholine rings is 1. The van der Waals surface area contributed by atoms with E-state index < -0.39 is 0 Å². The van der Waals surface area contributed by atoms with Crippen LogP contribution in [0.2, 0.25) is 0 Å². The van der Waals surface area contributed by atoms with Crippen molar-refractivity contribution >= 4 is 5.91 Å². The van der Waals surface area contributed by atoms with Gasteiger partial charge in [-0.2, -0.15) is 0 Å². The van der Waals surface area contributed by atoms with Gasteiger partial charge in [0.2, 0.25) is 0 Å². The molecule has 0 spiro atoms. The summed E-state index contributed by atoms with van der Waals surface area (Å²) < 4.78 is 17.4. The first-order valence-electron chi connectivity index (χ1n) is 8.71. The number of ether oxygens (including phenoxy) is 2. The summed E-state index contributed by atoms with van der Waals surface area (Å²) in [5, 5.41) is 0. The molecule has 25 heavy (non-hydrogen) atoms. The minimum absolute atomic E-state index is 0.00139. The predicted octanol–water partition coefficient (Wildman–Crippen LogP) is 2.57. The van der Waals surface area contributed by atoms with E-state index in [2.05, 4.69) is 4.98 Å². The van der Waals surface area contributed by atoms with Crippen LogP contribution in [0.15, 0.2) is 41.3 Å². The zero-order chi connectivity index (χ0) is 17.2. The highest BCUT2D eigenvalue weighted by Gasteiger charge is 2.45. The van der Waals surface area contributed by atoms with Gasteiger partial charge in [0.1, 0.15) is 6.10 Å². The molecule has 132 valence electrons. The minimum Gasteiger partial charge on any atom is -0.459 e. The molecule has 3 heterocycles. The Morgan fingerprint density at radius 3 is 3.08 bits per heavy atom. The quantitative estimate of drug-likeness (QED) is 0.854. The summed E-state index contributed by atoms with van der Waals surface area (Å²) in [6.45, 7) is 3.52. The molecule has 1 aliphatic heterocycles. The Balaban J connectivity index is 1.43. The number of rotatable bonds is 4. The molecule has 4 rings (SSSR count). The van der Waals surface area contributed by atoms with E-state index in [9.17, 15) is 4.79 Å². The van der Waals surface area contributed by atoms with Gasteiger partial charge in [-0.3, -0.25) is 9.78 Å². The second kappa shape index (κ2) is 6.98. The molecule has 0 unspecified atom stereocenters. The molecule has 2 aromatic rings. The third kappa shape index (κ3) is 3.19. The zero-order valence-electron chi connectivity index (χ0n) is 14.3. The molecular formula is C19H22N2O4. The van der Waals surface area contributed by atoms with Crippen molar-refractivity contribution in [1.29, 1.82) is 0 Å². The van der Waals surface area contributed by atoms with Crippen LogP contribution in [-0.2, 0) is 16.1 Å². The summed E-state index contributed by atoms with van der Waals surface area (Å²) in [6, 6.07) is 5.76. The number of carbonyl (C=O) groups is 1. The molecule has 0 N–H and O–H groups in total. The summed E-state index contributed by atoms with van der Waals surface area (Å²) in [7, 11) is 0. The Bertz CT molecular complexity index is 730. The van der Waals surface area contributed by atoms with Gasteiger partial charge in [-0.15, -0.1) is 0 Å².